The second-order valence-electron chi connectivity index (χ2n) is 4.15. The zero-order chi connectivity index (χ0) is 13.8. The van der Waals surface area contributed by atoms with Crippen LogP contribution in [0, 0.1) is 17.1 Å². The van der Waals surface area contributed by atoms with E-state index in [1.54, 1.807) is 18.2 Å². The van der Waals surface area contributed by atoms with E-state index in [1.165, 1.54) is 12.1 Å². The summed E-state index contributed by atoms with van der Waals surface area (Å²) in [6.45, 7) is -0.228. The summed E-state index contributed by atoms with van der Waals surface area (Å²) < 4.78 is 13.1. The fourth-order valence-corrected chi connectivity index (χ4v) is 1.91. The SMILES string of the molecule is CN(c1ccc(C#N)cc1)c1ccc(F)cc1CO. The average Bonchev–Trinajstić information content (AvgIpc) is 2.46. The number of hydrogen-bond donors (Lipinski definition) is 1. The molecule has 0 saturated heterocycles. The summed E-state index contributed by atoms with van der Waals surface area (Å²) in [4.78, 5) is 1.84. The molecular formula is C15H13FN2O. The zero-order valence-corrected chi connectivity index (χ0v) is 10.5. The van der Waals surface area contributed by atoms with Crippen LogP contribution in [-0.4, -0.2) is 12.2 Å². The second-order valence-corrected chi connectivity index (χ2v) is 4.15. The second kappa shape index (κ2) is 5.51. The van der Waals surface area contributed by atoms with Gasteiger partial charge < -0.3 is 10.0 Å². The van der Waals surface area contributed by atoms with Gasteiger partial charge in [0.1, 0.15) is 5.82 Å². The minimum Gasteiger partial charge on any atom is -0.392 e. The van der Waals surface area contributed by atoms with Crippen molar-refractivity contribution >= 4 is 11.4 Å². The Hall–Kier alpha value is -2.38. The van der Waals surface area contributed by atoms with Gasteiger partial charge in [-0.3, -0.25) is 0 Å². The van der Waals surface area contributed by atoms with E-state index in [2.05, 4.69) is 6.07 Å². The molecule has 2 aromatic rings. The fraction of sp³-hybridized carbons (Fsp3) is 0.133. The Morgan fingerprint density at radius 2 is 1.89 bits per heavy atom. The summed E-state index contributed by atoms with van der Waals surface area (Å²) in [7, 11) is 1.83. The van der Waals surface area contributed by atoms with Crippen LogP contribution in [0.1, 0.15) is 11.1 Å². The van der Waals surface area contributed by atoms with Crippen molar-refractivity contribution in [3.63, 3.8) is 0 Å². The number of aliphatic hydroxyl groups is 1. The van der Waals surface area contributed by atoms with Gasteiger partial charge in [0.2, 0.25) is 0 Å². The number of rotatable bonds is 3. The van der Waals surface area contributed by atoms with Crippen LogP contribution >= 0.6 is 0 Å². The van der Waals surface area contributed by atoms with Crippen molar-refractivity contribution in [3.05, 3.63) is 59.4 Å². The molecule has 2 rings (SSSR count). The van der Waals surface area contributed by atoms with Crippen molar-refractivity contribution in [2.45, 2.75) is 6.61 Å². The zero-order valence-electron chi connectivity index (χ0n) is 10.5. The molecule has 0 aromatic heterocycles. The van der Waals surface area contributed by atoms with E-state index in [0.717, 1.165) is 11.4 Å². The van der Waals surface area contributed by atoms with Gasteiger partial charge in [-0.25, -0.2) is 4.39 Å². The molecule has 0 aliphatic heterocycles. The topological polar surface area (TPSA) is 47.3 Å². The van der Waals surface area contributed by atoms with Crippen molar-refractivity contribution < 1.29 is 9.50 Å². The van der Waals surface area contributed by atoms with Gasteiger partial charge >= 0.3 is 0 Å². The lowest BCUT2D eigenvalue weighted by Gasteiger charge is -2.22. The first-order chi connectivity index (χ1) is 9.15. The van der Waals surface area contributed by atoms with E-state index in [1.807, 2.05) is 24.1 Å². The van der Waals surface area contributed by atoms with E-state index in [-0.39, 0.29) is 12.4 Å². The molecule has 0 fully saturated rings. The summed E-state index contributed by atoms with van der Waals surface area (Å²) in [6.07, 6.45) is 0. The maximum Gasteiger partial charge on any atom is 0.123 e. The lowest BCUT2D eigenvalue weighted by atomic mass is 10.1. The van der Waals surface area contributed by atoms with Gasteiger partial charge in [0.05, 0.1) is 18.2 Å². The quantitative estimate of drug-likeness (QED) is 0.918. The highest BCUT2D eigenvalue weighted by Gasteiger charge is 2.09. The molecule has 19 heavy (non-hydrogen) atoms. The lowest BCUT2D eigenvalue weighted by molar-refractivity contribution is 0.281. The summed E-state index contributed by atoms with van der Waals surface area (Å²) in [5, 5.41) is 18.0. The summed E-state index contributed by atoms with van der Waals surface area (Å²) >= 11 is 0. The Bertz CT molecular complexity index is 617. The van der Waals surface area contributed by atoms with Gasteiger partial charge in [0.25, 0.3) is 0 Å². The van der Waals surface area contributed by atoms with E-state index >= 15 is 0 Å². The monoisotopic (exact) mass is 256 g/mol. The summed E-state index contributed by atoms with van der Waals surface area (Å²) in [5.74, 6) is -0.374. The van der Waals surface area contributed by atoms with Crippen molar-refractivity contribution in [2.75, 3.05) is 11.9 Å². The first kappa shape index (κ1) is 13.1. The van der Waals surface area contributed by atoms with Crippen LogP contribution in [0.4, 0.5) is 15.8 Å². The molecule has 0 atom stereocenters. The van der Waals surface area contributed by atoms with Crippen LogP contribution in [0.3, 0.4) is 0 Å². The maximum absolute atomic E-state index is 13.1. The third-order valence-corrected chi connectivity index (χ3v) is 2.96. The Morgan fingerprint density at radius 1 is 1.21 bits per heavy atom. The van der Waals surface area contributed by atoms with Crippen molar-refractivity contribution in [1.29, 1.82) is 5.26 Å². The van der Waals surface area contributed by atoms with E-state index in [4.69, 9.17) is 5.26 Å². The number of hydrogen-bond acceptors (Lipinski definition) is 3. The largest absolute Gasteiger partial charge is 0.392 e. The fourth-order valence-electron chi connectivity index (χ4n) is 1.91. The van der Waals surface area contributed by atoms with Gasteiger partial charge in [0, 0.05) is 24.0 Å². The van der Waals surface area contributed by atoms with Gasteiger partial charge in [-0.1, -0.05) is 0 Å². The van der Waals surface area contributed by atoms with E-state index in [9.17, 15) is 9.50 Å². The number of benzene rings is 2. The molecular weight excluding hydrogens is 243 g/mol. The molecule has 0 bridgehead atoms. The third kappa shape index (κ3) is 2.72. The highest BCUT2D eigenvalue weighted by Crippen LogP contribution is 2.27. The molecule has 3 nitrogen and oxygen atoms in total. The number of nitriles is 1. The molecule has 0 spiro atoms. The average molecular weight is 256 g/mol. The molecule has 0 radical (unpaired) electrons. The molecule has 0 amide bonds. The van der Waals surface area contributed by atoms with Crippen LogP contribution in [0.15, 0.2) is 42.5 Å². The number of nitrogens with zero attached hydrogens (tertiary/aromatic N) is 2. The van der Waals surface area contributed by atoms with Crippen LogP contribution in [0.5, 0.6) is 0 Å². The smallest absolute Gasteiger partial charge is 0.123 e. The van der Waals surface area contributed by atoms with Crippen LogP contribution in [-0.2, 0) is 6.61 Å². The van der Waals surface area contributed by atoms with Crippen molar-refractivity contribution in [3.8, 4) is 6.07 Å². The predicted octanol–water partition coefficient (Wildman–Crippen LogP) is 2.96. The summed E-state index contributed by atoms with van der Waals surface area (Å²) in [5.41, 5.74) is 2.69. The van der Waals surface area contributed by atoms with Gasteiger partial charge in [0.15, 0.2) is 0 Å². The molecule has 0 aliphatic rings. The first-order valence-electron chi connectivity index (χ1n) is 5.79. The molecule has 0 unspecified atom stereocenters. The third-order valence-electron chi connectivity index (χ3n) is 2.96. The standard InChI is InChI=1S/C15H13FN2O/c1-18(14-5-2-11(9-17)3-6-14)15-7-4-13(16)8-12(15)10-19/h2-8,19H,10H2,1H3. The molecule has 96 valence electrons. The molecule has 4 heteroatoms. The van der Waals surface area contributed by atoms with Gasteiger partial charge in [-0.15, -0.1) is 0 Å². The first-order valence-corrected chi connectivity index (χ1v) is 5.79. The summed E-state index contributed by atoms with van der Waals surface area (Å²) in [6, 6.07) is 13.4. The maximum atomic E-state index is 13.1. The van der Waals surface area contributed by atoms with E-state index < -0.39 is 0 Å². The lowest BCUT2D eigenvalue weighted by Crippen LogP contribution is -2.12. The number of anilines is 2. The minimum atomic E-state index is -0.374. The highest BCUT2D eigenvalue weighted by atomic mass is 19.1. The highest BCUT2D eigenvalue weighted by molar-refractivity contribution is 5.66. The Labute approximate surface area is 111 Å². The van der Waals surface area contributed by atoms with Gasteiger partial charge in [-0.2, -0.15) is 5.26 Å². The Kier molecular flexibility index (Phi) is 3.79. The van der Waals surface area contributed by atoms with E-state index in [0.29, 0.717) is 11.1 Å². The predicted molar refractivity (Wildman–Crippen MR) is 71.5 cm³/mol. The molecule has 2 aromatic carbocycles. The number of halogens is 1. The Balaban J connectivity index is 2.38. The molecule has 0 heterocycles. The number of aliphatic hydroxyl groups excluding tert-OH is 1. The molecule has 0 saturated carbocycles. The van der Waals surface area contributed by atoms with Crippen LogP contribution in [0.25, 0.3) is 0 Å². The minimum absolute atomic E-state index is 0.228. The van der Waals surface area contributed by atoms with Gasteiger partial charge in [-0.05, 0) is 42.5 Å². The molecule has 1 N–H and O–H groups in total. The Morgan fingerprint density at radius 3 is 2.47 bits per heavy atom. The van der Waals surface area contributed by atoms with Crippen LogP contribution < -0.4 is 4.90 Å². The van der Waals surface area contributed by atoms with Crippen molar-refractivity contribution in [2.24, 2.45) is 0 Å². The van der Waals surface area contributed by atoms with Crippen molar-refractivity contribution in [1.82, 2.24) is 0 Å². The van der Waals surface area contributed by atoms with Crippen LogP contribution in [0.2, 0.25) is 0 Å². The normalized spacial score (nSPS) is 10.0. The molecule has 0 aliphatic carbocycles.